The maximum Gasteiger partial charge on any atom is 0.227 e. The van der Waals surface area contributed by atoms with Crippen LogP contribution in [0, 0.1) is 0 Å². The Kier molecular flexibility index (Phi) is 5.14. The van der Waals surface area contributed by atoms with Crippen LogP contribution in [0.25, 0.3) is 0 Å². The highest BCUT2D eigenvalue weighted by molar-refractivity contribution is 7.88. The summed E-state index contributed by atoms with van der Waals surface area (Å²) in [5.41, 5.74) is 0.719. The maximum absolute atomic E-state index is 12.2. The average molecular weight is 351 g/mol. The molecule has 8 heteroatoms. The molecule has 0 spiro atoms. The van der Waals surface area contributed by atoms with Crippen LogP contribution in [0.1, 0.15) is 5.56 Å². The van der Waals surface area contributed by atoms with Crippen molar-refractivity contribution in [3.8, 4) is 0 Å². The van der Waals surface area contributed by atoms with Gasteiger partial charge in [-0.2, -0.15) is 4.31 Å². The molecule has 0 N–H and O–H groups in total. The van der Waals surface area contributed by atoms with Gasteiger partial charge in [0.2, 0.25) is 15.9 Å². The van der Waals surface area contributed by atoms with Crippen molar-refractivity contribution < 1.29 is 13.2 Å². The van der Waals surface area contributed by atoms with E-state index >= 15 is 0 Å². The van der Waals surface area contributed by atoms with Gasteiger partial charge in [-0.25, -0.2) is 8.42 Å². The minimum atomic E-state index is -3.19. The number of amides is 1. The molecule has 1 fully saturated rings. The minimum Gasteiger partial charge on any atom is -0.340 e. The lowest BCUT2D eigenvalue weighted by atomic mass is 10.1. The highest BCUT2D eigenvalue weighted by Gasteiger charge is 2.26. The number of piperazine rings is 1. The fraction of sp³-hybridized carbons (Fsp3) is 0.462. The molecule has 0 aromatic heterocycles. The van der Waals surface area contributed by atoms with E-state index in [9.17, 15) is 13.2 Å². The molecule has 116 valence electrons. The van der Waals surface area contributed by atoms with Gasteiger partial charge in [0.15, 0.2) is 0 Å². The van der Waals surface area contributed by atoms with Crippen LogP contribution < -0.4 is 0 Å². The molecule has 0 aliphatic carbocycles. The van der Waals surface area contributed by atoms with Crippen molar-refractivity contribution in [1.82, 2.24) is 9.21 Å². The number of carbonyl (C=O) groups is 1. The first kappa shape index (κ1) is 16.5. The molecule has 0 bridgehead atoms. The number of nitrogens with zero attached hydrogens (tertiary/aromatic N) is 2. The van der Waals surface area contributed by atoms with Gasteiger partial charge in [0.05, 0.1) is 12.7 Å². The van der Waals surface area contributed by atoms with Gasteiger partial charge in [-0.3, -0.25) is 4.79 Å². The number of halogens is 2. The fourth-order valence-electron chi connectivity index (χ4n) is 2.21. The van der Waals surface area contributed by atoms with E-state index in [1.807, 2.05) is 0 Å². The largest absolute Gasteiger partial charge is 0.340 e. The smallest absolute Gasteiger partial charge is 0.227 e. The minimum absolute atomic E-state index is 0.0626. The topological polar surface area (TPSA) is 57.7 Å². The number of hydrogen-bond donors (Lipinski definition) is 0. The predicted molar refractivity (Wildman–Crippen MR) is 83.2 cm³/mol. The molecular weight excluding hydrogens is 335 g/mol. The highest BCUT2D eigenvalue weighted by atomic mass is 35.5. The Hall–Kier alpha value is -0.820. The zero-order valence-electron chi connectivity index (χ0n) is 11.6. The van der Waals surface area contributed by atoms with Crippen LogP contribution in [0.4, 0.5) is 0 Å². The van der Waals surface area contributed by atoms with E-state index in [0.29, 0.717) is 36.2 Å². The van der Waals surface area contributed by atoms with Gasteiger partial charge in [0.1, 0.15) is 0 Å². The van der Waals surface area contributed by atoms with E-state index in [1.54, 1.807) is 23.1 Å². The first-order valence-corrected chi connectivity index (χ1v) is 9.04. The van der Waals surface area contributed by atoms with Crippen LogP contribution in [-0.2, 0) is 21.2 Å². The van der Waals surface area contributed by atoms with E-state index < -0.39 is 10.0 Å². The Balaban J connectivity index is 1.96. The quantitative estimate of drug-likeness (QED) is 0.832. The molecule has 21 heavy (non-hydrogen) atoms. The van der Waals surface area contributed by atoms with E-state index in [4.69, 9.17) is 23.2 Å². The Labute approximate surface area is 134 Å². The third-order valence-electron chi connectivity index (χ3n) is 3.42. The summed E-state index contributed by atoms with van der Waals surface area (Å²) in [6, 6.07) is 5.03. The molecule has 0 saturated carbocycles. The van der Waals surface area contributed by atoms with Gasteiger partial charge in [-0.05, 0) is 17.7 Å². The zero-order valence-corrected chi connectivity index (χ0v) is 13.9. The first-order chi connectivity index (χ1) is 9.77. The van der Waals surface area contributed by atoms with Crippen LogP contribution >= 0.6 is 23.2 Å². The molecule has 1 aliphatic rings. The van der Waals surface area contributed by atoms with Gasteiger partial charge in [-0.1, -0.05) is 29.3 Å². The van der Waals surface area contributed by atoms with Crippen LogP contribution in [0.2, 0.25) is 10.0 Å². The maximum atomic E-state index is 12.2. The molecule has 1 saturated heterocycles. The van der Waals surface area contributed by atoms with Crippen LogP contribution in [0.15, 0.2) is 18.2 Å². The number of hydrogen-bond acceptors (Lipinski definition) is 3. The number of rotatable bonds is 3. The van der Waals surface area contributed by atoms with Crippen molar-refractivity contribution in [1.29, 1.82) is 0 Å². The van der Waals surface area contributed by atoms with Gasteiger partial charge in [-0.15, -0.1) is 0 Å². The Morgan fingerprint density at radius 2 is 1.81 bits per heavy atom. The molecule has 1 aromatic carbocycles. The predicted octanol–water partition coefficient (Wildman–Crippen LogP) is 1.64. The van der Waals surface area contributed by atoms with Crippen molar-refractivity contribution in [2.45, 2.75) is 6.42 Å². The van der Waals surface area contributed by atoms with Crippen LogP contribution in [0.3, 0.4) is 0 Å². The van der Waals surface area contributed by atoms with E-state index in [1.165, 1.54) is 10.6 Å². The first-order valence-electron chi connectivity index (χ1n) is 6.44. The van der Waals surface area contributed by atoms with Crippen molar-refractivity contribution >= 4 is 39.1 Å². The molecule has 5 nitrogen and oxygen atoms in total. The van der Waals surface area contributed by atoms with Crippen molar-refractivity contribution in [3.63, 3.8) is 0 Å². The summed E-state index contributed by atoms with van der Waals surface area (Å²) in [5, 5.41) is 0.989. The van der Waals surface area contributed by atoms with E-state index in [0.717, 1.165) is 5.56 Å². The molecule has 1 heterocycles. The monoisotopic (exact) mass is 350 g/mol. The lowest BCUT2D eigenvalue weighted by Crippen LogP contribution is -2.50. The standard InChI is InChI=1S/C13H16Cl2N2O3S/c1-21(19,20)17-6-4-16(5-7-17)13(18)8-10-2-3-11(14)9-12(10)15/h2-3,9H,4-8H2,1H3. The molecular formula is C13H16Cl2N2O3S. The average Bonchev–Trinajstić information content (AvgIpc) is 2.41. The molecule has 1 amide bonds. The Morgan fingerprint density at radius 1 is 1.19 bits per heavy atom. The SMILES string of the molecule is CS(=O)(=O)N1CCN(C(=O)Cc2ccc(Cl)cc2Cl)CC1. The summed E-state index contributed by atoms with van der Waals surface area (Å²) in [4.78, 5) is 13.9. The fourth-order valence-corrected chi connectivity index (χ4v) is 3.51. The molecule has 0 radical (unpaired) electrons. The number of carbonyl (C=O) groups excluding carboxylic acids is 1. The molecule has 0 unspecified atom stereocenters. The highest BCUT2D eigenvalue weighted by Crippen LogP contribution is 2.22. The molecule has 2 rings (SSSR count). The van der Waals surface area contributed by atoms with Gasteiger partial charge < -0.3 is 4.90 Å². The van der Waals surface area contributed by atoms with Crippen molar-refractivity contribution in [3.05, 3.63) is 33.8 Å². The number of benzene rings is 1. The summed E-state index contributed by atoms with van der Waals surface area (Å²) in [7, 11) is -3.19. The summed E-state index contributed by atoms with van der Waals surface area (Å²) < 4.78 is 24.2. The summed E-state index contributed by atoms with van der Waals surface area (Å²) >= 11 is 11.9. The lowest BCUT2D eigenvalue weighted by molar-refractivity contribution is -0.131. The van der Waals surface area contributed by atoms with Crippen LogP contribution in [-0.4, -0.2) is 56.0 Å². The van der Waals surface area contributed by atoms with Crippen molar-refractivity contribution in [2.24, 2.45) is 0 Å². The summed E-state index contributed by atoms with van der Waals surface area (Å²) in [6.45, 7) is 1.46. The van der Waals surface area contributed by atoms with Gasteiger partial charge >= 0.3 is 0 Å². The normalized spacial score (nSPS) is 17.0. The second-order valence-corrected chi connectivity index (χ2v) is 7.78. The lowest BCUT2D eigenvalue weighted by Gasteiger charge is -2.33. The zero-order chi connectivity index (χ0) is 15.6. The van der Waals surface area contributed by atoms with Crippen molar-refractivity contribution in [2.75, 3.05) is 32.4 Å². The van der Waals surface area contributed by atoms with E-state index in [-0.39, 0.29) is 12.3 Å². The number of sulfonamides is 1. The van der Waals surface area contributed by atoms with Gasteiger partial charge in [0, 0.05) is 36.2 Å². The second kappa shape index (κ2) is 6.52. The van der Waals surface area contributed by atoms with E-state index in [2.05, 4.69) is 0 Å². The molecule has 0 atom stereocenters. The Morgan fingerprint density at radius 3 is 2.33 bits per heavy atom. The summed E-state index contributed by atoms with van der Waals surface area (Å²) in [5.74, 6) is -0.0626. The summed E-state index contributed by atoms with van der Waals surface area (Å²) in [6.07, 6.45) is 1.37. The Bertz CT molecular complexity index is 641. The second-order valence-electron chi connectivity index (χ2n) is 4.96. The van der Waals surface area contributed by atoms with Gasteiger partial charge in [0.25, 0.3) is 0 Å². The molecule has 1 aromatic rings. The third-order valence-corrected chi connectivity index (χ3v) is 5.31. The molecule has 1 aliphatic heterocycles. The third kappa shape index (κ3) is 4.32. The van der Waals surface area contributed by atoms with Crippen LogP contribution in [0.5, 0.6) is 0 Å².